The minimum atomic E-state index is -4.97. The lowest BCUT2D eigenvalue weighted by Gasteiger charge is -2.53. The van der Waals surface area contributed by atoms with Gasteiger partial charge >= 0.3 is 12.4 Å². The first-order valence-corrected chi connectivity index (χ1v) is 14.1. The number of alkyl halides is 6. The van der Waals surface area contributed by atoms with Crippen molar-refractivity contribution < 1.29 is 41.0 Å². The summed E-state index contributed by atoms with van der Waals surface area (Å²) < 4.78 is 80.1. The molecule has 0 radical (unpaired) electrons. The summed E-state index contributed by atoms with van der Waals surface area (Å²) in [6.07, 6.45) is -10.5. The molecule has 1 N–H and O–H groups in total. The molecule has 1 aliphatic carbocycles. The van der Waals surface area contributed by atoms with E-state index in [1.165, 1.54) is 21.7 Å². The van der Waals surface area contributed by atoms with Crippen LogP contribution in [-0.2, 0) is 11.3 Å². The number of likely N-dealkylation sites (tertiary alicyclic amines) is 1. The van der Waals surface area contributed by atoms with Crippen molar-refractivity contribution in [2.75, 3.05) is 27.2 Å². The van der Waals surface area contributed by atoms with Crippen LogP contribution in [0.25, 0.3) is 11.1 Å². The number of hydrogen-bond acceptors (Lipinski definition) is 4. The molecular weight excluding hydrogens is 580 g/mol. The number of hydrogen-bond donors (Lipinski definition) is 1. The van der Waals surface area contributed by atoms with E-state index in [4.69, 9.17) is 0 Å². The second-order valence-corrected chi connectivity index (χ2v) is 12.0. The monoisotopic (exact) mass is 615 g/mol. The highest BCUT2D eigenvalue weighted by molar-refractivity contribution is 6.00. The lowest BCUT2D eigenvalue weighted by atomic mass is 9.65. The zero-order chi connectivity index (χ0) is 31.8. The Kier molecular flexibility index (Phi) is 9.07. The fraction of sp³-hybridized carbons (Fsp3) is 0.567. The highest BCUT2D eigenvalue weighted by Crippen LogP contribution is 2.52. The van der Waals surface area contributed by atoms with Gasteiger partial charge in [0.1, 0.15) is 0 Å². The minimum Gasteiger partial charge on any atom is -0.387 e. The predicted molar refractivity (Wildman–Crippen MR) is 146 cm³/mol. The Morgan fingerprint density at radius 1 is 0.977 bits per heavy atom. The number of aromatic nitrogens is 1. The van der Waals surface area contributed by atoms with Gasteiger partial charge in [-0.05, 0) is 24.8 Å². The maximum atomic E-state index is 13.4. The lowest BCUT2D eigenvalue weighted by molar-refractivity contribution is -0.190. The van der Waals surface area contributed by atoms with E-state index in [0.29, 0.717) is 36.8 Å². The molecule has 1 aromatic heterocycles. The first-order valence-electron chi connectivity index (χ1n) is 14.1. The summed E-state index contributed by atoms with van der Waals surface area (Å²) in [6.45, 7) is -0.760. The maximum absolute atomic E-state index is 13.4. The average molecular weight is 616 g/mol. The average Bonchev–Trinajstić information content (AvgIpc) is 3.39. The smallest absolute Gasteiger partial charge is 0.387 e. The largest absolute Gasteiger partial charge is 0.389 e. The van der Waals surface area contributed by atoms with Crippen LogP contribution in [0.4, 0.5) is 26.3 Å². The van der Waals surface area contributed by atoms with Crippen molar-refractivity contribution >= 4 is 11.8 Å². The van der Waals surface area contributed by atoms with Crippen LogP contribution in [0.2, 0.25) is 0 Å². The molecule has 0 unspecified atom stereocenters. The van der Waals surface area contributed by atoms with Gasteiger partial charge in [0.05, 0.1) is 36.5 Å². The molecule has 1 saturated heterocycles. The van der Waals surface area contributed by atoms with Gasteiger partial charge in [0, 0.05) is 50.4 Å². The Morgan fingerprint density at radius 2 is 1.56 bits per heavy atom. The molecule has 4 rings (SSSR count). The number of carbonyl (C=O) groups is 2. The van der Waals surface area contributed by atoms with Crippen LogP contribution in [0.1, 0.15) is 55.3 Å². The Morgan fingerprint density at radius 3 is 2.09 bits per heavy atom. The topological polar surface area (TPSA) is 82.8 Å². The van der Waals surface area contributed by atoms with E-state index < -0.39 is 53.6 Å². The van der Waals surface area contributed by atoms with Gasteiger partial charge < -0.3 is 19.5 Å². The summed E-state index contributed by atoms with van der Waals surface area (Å²) in [7, 11) is 3.12. The van der Waals surface area contributed by atoms with Crippen LogP contribution in [0, 0.1) is 11.3 Å². The molecule has 7 nitrogen and oxygen atoms in total. The third kappa shape index (κ3) is 7.25. The minimum absolute atomic E-state index is 0.159. The molecule has 43 heavy (non-hydrogen) atoms. The standard InChI is InChI=1S/C30H35F6N3O4/c1-37(2)26(42)23-17-39(24(40)14-22(23)20-8-4-3-5-9-20)19-28(43)12-13-38(18-27(28)10-6-7-11-27)25(41)21(15-29(31,32)33)16-30(34,35)36/h3-5,8-9,14,17,21,43H,6-7,10-13,15-16,18-19H2,1-2H3/t28-/m0/s1. The number of nitrogens with zero attached hydrogens (tertiary/aromatic N) is 3. The third-order valence-electron chi connectivity index (χ3n) is 8.73. The van der Waals surface area contributed by atoms with E-state index >= 15 is 0 Å². The van der Waals surface area contributed by atoms with Gasteiger partial charge in [-0.3, -0.25) is 14.4 Å². The highest BCUT2D eigenvalue weighted by Gasteiger charge is 2.56. The summed E-state index contributed by atoms with van der Waals surface area (Å²) in [6, 6.07) is 10.1. The third-order valence-corrected chi connectivity index (χ3v) is 8.73. The number of halogens is 6. The van der Waals surface area contributed by atoms with Gasteiger partial charge in [-0.25, -0.2) is 0 Å². The number of piperidine rings is 1. The molecule has 0 bridgehead atoms. The zero-order valence-corrected chi connectivity index (χ0v) is 24.0. The molecule has 2 aromatic rings. The predicted octanol–water partition coefficient (Wildman–Crippen LogP) is 5.26. The van der Waals surface area contributed by atoms with Crippen molar-refractivity contribution in [3.8, 4) is 11.1 Å². The molecule has 2 heterocycles. The quantitative estimate of drug-likeness (QED) is 0.431. The van der Waals surface area contributed by atoms with Crippen LogP contribution in [-0.4, -0.2) is 76.4 Å². The number of amides is 2. The number of rotatable bonds is 7. The summed E-state index contributed by atoms with van der Waals surface area (Å²) in [5.74, 6) is -3.94. The maximum Gasteiger partial charge on any atom is 0.389 e. The van der Waals surface area contributed by atoms with Gasteiger partial charge in [0.15, 0.2) is 0 Å². The molecule has 2 amide bonds. The summed E-state index contributed by atoms with van der Waals surface area (Å²) in [5, 5.41) is 12.1. The first-order chi connectivity index (χ1) is 19.9. The molecule has 1 spiro atoms. The van der Waals surface area contributed by atoms with Gasteiger partial charge in [-0.1, -0.05) is 43.2 Å². The molecular formula is C30H35F6N3O4. The summed E-state index contributed by atoms with van der Waals surface area (Å²) in [5.41, 5.74) is -1.89. The summed E-state index contributed by atoms with van der Waals surface area (Å²) >= 11 is 0. The fourth-order valence-corrected chi connectivity index (χ4v) is 6.60. The van der Waals surface area contributed by atoms with E-state index in [0.717, 1.165) is 4.90 Å². The van der Waals surface area contributed by atoms with Gasteiger partial charge in [0.2, 0.25) is 5.91 Å². The Hall–Kier alpha value is -3.35. The molecule has 236 valence electrons. The number of aliphatic hydroxyl groups is 1. The normalized spacial score (nSPS) is 20.6. The second-order valence-electron chi connectivity index (χ2n) is 12.0. The number of pyridine rings is 1. The zero-order valence-electron chi connectivity index (χ0n) is 24.0. The number of benzene rings is 1. The molecule has 2 aliphatic rings. The van der Waals surface area contributed by atoms with E-state index in [2.05, 4.69) is 0 Å². The van der Waals surface area contributed by atoms with Gasteiger partial charge in [-0.2, -0.15) is 26.3 Å². The van der Waals surface area contributed by atoms with E-state index in [1.54, 1.807) is 44.4 Å². The molecule has 2 fully saturated rings. The Labute approximate surface area is 245 Å². The van der Waals surface area contributed by atoms with Crippen LogP contribution in [0.15, 0.2) is 47.4 Å². The summed E-state index contributed by atoms with van der Waals surface area (Å²) in [4.78, 5) is 42.0. The van der Waals surface area contributed by atoms with Crippen molar-refractivity contribution in [2.45, 2.75) is 69.4 Å². The first kappa shape index (κ1) is 32.6. The van der Waals surface area contributed by atoms with Gasteiger partial charge in [0.25, 0.3) is 11.5 Å². The molecule has 1 aromatic carbocycles. The molecule has 1 aliphatic heterocycles. The molecule has 13 heteroatoms. The lowest BCUT2D eigenvalue weighted by Crippen LogP contribution is -2.62. The highest BCUT2D eigenvalue weighted by atomic mass is 19.4. The van der Waals surface area contributed by atoms with E-state index in [1.807, 2.05) is 0 Å². The van der Waals surface area contributed by atoms with Crippen molar-refractivity contribution in [1.82, 2.24) is 14.4 Å². The molecule has 1 atom stereocenters. The number of carbonyl (C=O) groups excluding carboxylic acids is 2. The van der Waals surface area contributed by atoms with Crippen LogP contribution in [0.5, 0.6) is 0 Å². The van der Waals surface area contributed by atoms with Gasteiger partial charge in [-0.15, -0.1) is 0 Å². The Bertz CT molecular complexity index is 1370. The van der Waals surface area contributed by atoms with E-state index in [-0.39, 0.29) is 37.5 Å². The van der Waals surface area contributed by atoms with Crippen LogP contribution < -0.4 is 5.56 Å². The SMILES string of the molecule is CN(C)C(=O)c1cn(C[C@@]2(O)CCN(C(=O)C(CC(F)(F)F)CC(F)(F)F)CC23CCCC3)c(=O)cc1-c1ccccc1. The van der Waals surface area contributed by atoms with Crippen molar-refractivity contribution in [3.05, 3.63) is 58.5 Å². The van der Waals surface area contributed by atoms with Crippen molar-refractivity contribution in [1.29, 1.82) is 0 Å². The van der Waals surface area contributed by atoms with E-state index in [9.17, 15) is 45.8 Å². The fourth-order valence-electron chi connectivity index (χ4n) is 6.60. The van der Waals surface area contributed by atoms with Crippen LogP contribution in [0.3, 0.4) is 0 Å². The van der Waals surface area contributed by atoms with Crippen LogP contribution >= 0.6 is 0 Å². The Balaban J connectivity index is 1.67. The van der Waals surface area contributed by atoms with Crippen molar-refractivity contribution in [2.24, 2.45) is 11.3 Å². The molecule has 1 saturated carbocycles. The second kappa shape index (κ2) is 12.0. The van der Waals surface area contributed by atoms with Crippen molar-refractivity contribution in [3.63, 3.8) is 0 Å².